The zero-order valence-electron chi connectivity index (χ0n) is 8.64. The lowest BCUT2D eigenvalue weighted by Crippen LogP contribution is -2.11. The Labute approximate surface area is 90.7 Å². The first kappa shape index (κ1) is 12.5. The third-order valence-corrected chi connectivity index (χ3v) is 2.30. The van der Waals surface area contributed by atoms with Crippen LogP contribution < -0.4 is 0 Å². The van der Waals surface area contributed by atoms with Gasteiger partial charge in [-0.1, -0.05) is 12.1 Å². The monoisotopic (exact) mass is 232 g/mol. The van der Waals surface area contributed by atoms with Crippen molar-refractivity contribution in [3.8, 4) is 0 Å². The van der Waals surface area contributed by atoms with Crippen molar-refractivity contribution in [1.29, 1.82) is 0 Å². The van der Waals surface area contributed by atoms with E-state index in [4.69, 9.17) is 5.11 Å². The first-order valence-electron chi connectivity index (χ1n) is 4.70. The molecule has 0 aromatic heterocycles. The highest BCUT2D eigenvalue weighted by molar-refractivity contribution is 5.67. The second-order valence-corrected chi connectivity index (χ2v) is 3.49. The fraction of sp³-hybridized carbons (Fsp3) is 0.364. The van der Waals surface area contributed by atoms with Crippen LogP contribution >= 0.6 is 0 Å². The Bertz CT molecular complexity index is 397. The molecular weight excluding hydrogens is 221 g/mol. The van der Waals surface area contributed by atoms with Crippen molar-refractivity contribution in [2.75, 3.05) is 0 Å². The lowest BCUT2D eigenvalue weighted by molar-refractivity contribution is -0.140. The zero-order valence-corrected chi connectivity index (χ0v) is 8.64. The van der Waals surface area contributed by atoms with Crippen molar-refractivity contribution in [2.45, 2.75) is 25.9 Å². The van der Waals surface area contributed by atoms with E-state index in [0.29, 0.717) is 5.56 Å². The maximum atomic E-state index is 12.6. The molecule has 0 unspecified atom stereocenters. The van der Waals surface area contributed by atoms with E-state index in [0.717, 1.165) is 6.07 Å². The second-order valence-electron chi connectivity index (χ2n) is 3.49. The van der Waals surface area contributed by atoms with Crippen LogP contribution in [0.15, 0.2) is 18.2 Å². The van der Waals surface area contributed by atoms with Crippen LogP contribution in [0.2, 0.25) is 0 Å². The molecule has 1 rings (SSSR count). The van der Waals surface area contributed by atoms with Crippen molar-refractivity contribution in [2.24, 2.45) is 0 Å². The third kappa shape index (κ3) is 2.98. The molecule has 0 spiro atoms. The van der Waals surface area contributed by atoms with Gasteiger partial charge in [-0.25, -0.2) is 0 Å². The smallest absolute Gasteiger partial charge is 0.416 e. The number of aliphatic carboxylic acids is 1. The molecule has 1 aromatic rings. The SMILES string of the molecule is Cc1cccc(C(F)(F)F)c1CCC(=O)O. The highest BCUT2D eigenvalue weighted by Crippen LogP contribution is 2.33. The molecule has 2 nitrogen and oxygen atoms in total. The lowest BCUT2D eigenvalue weighted by atomic mass is 9.97. The summed E-state index contributed by atoms with van der Waals surface area (Å²) in [5.74, 6) is -1.10. The van der Waals surface area contributed by atoms with Gasteiger partial charge < -0.3 is 5.11 Å². The normalized spacial score (nSPS) is 11.5. The topological polar surface area (TPSA) is 37.3 Å². The number of hydrogen-bond donors (Lipinski definition) is 1. The minimum Gasteiger partial charge on any atom is -0.481 e. The average Bonchev–Trinajstić information content (AvgIpc) is 2.13. The van der Waals surface area contributed by atoms with Gasteiger partial charge in [0.2, 0.25) is 0 Å². The minimum absolute atomic E-state index is 0.0670. The molecule has 0 atom stereocenters. The van der Waals surface area contributed by atoms with Crippen LogP contribution in [-0.4, -0.2) is 11.1 Å². The third-order valence-electron chi connectivity index (χ3n) is 2.30. The summed E-state index contributed by atoms with van der Waals surface area (Å²) in [5.41, 5.74) is -0.206. The summed E-state index contributed by atoms with van der Waals surface area (Å²) >= 11 is 0. The number of aryl methyl sites for hydroxylation is 1. The zero-order chi connectivity index (χ0) is 12.3. The van der Waals surface area contributed by atoms with Gasteiger partial charge >= 0.3 is 12.1 Å². The van der Waals surface area contributed by atoms with Gasteiger partial charge in [0.25, 0.3) is 0 Å². The minimum atomic E-state index is -4.43. The summed E-state index contributed by atoms with van der Waals surface area (Å²) in [6, 6.07) is 3.85. The molecule has 1 aromatic carbocycles. The van der Waals surface area contributed by atoms with Crippen LogP contribution in [0.4, 0.5) is 13.2 Å². The van der Waals surface area contributed by atoms with E-state index >= 15 is 0 Å². The van der Waals surface area contributed by atoms with Crippen molar-refractivity contribution >= 4 is 5.97 Å². The molecule has 0 aliphatic carbocycles. The van der Waals surface area contributed by atoms with Crippen LogP contribution in [0.5, 0.6) is 0 Å². The van der Waals surface area contributed by atoms with E-state index in [1.165, 1.54) is 6.07 Å². The molecule has 1 N–H and O–H groups in total. The molecule has 0 radical (unpaired) electrons. The predicted octanol–water partition coefficient (Wildman–Crippen LogP) is 3.03. The summed E-state index contributed by atoms with van der Waals surface area (Å²) in [4.78, 5) is 10.4. The number of halogens is 3. The Morgan fingerprint density at radius 2 is 2.00 bits per heavy atom. The standard InChI is InChI=1S/C11H11F3O2/c1-7-3-2-4-9(11(12,13)14)8(7)5-6-10(15)16/h2-4H,5-6H2,1H3,(H,15,16). The number of carboxylic acids is 1. The molecule has 0 bridgehead atoms. The molecule has 5 heteroatoms. The van der Waals surface area contributed by atoms with E-state index in [1.807, 2.05) is 0 Å². The highest BCUT2D eigenvalue weighted by atomic mass is 19.4. The fourth-order valence-corrected chi connectivity index (χ4v) is 1.53. The molecule has 0 aliphatic heterocycles. The molecule has 0 amide bonds. The van der Waals surface area contributed by atoms with Crippen molar-refractivity contribution in [1.82, 2.24) is 0 Å². The van der Waals surface area contributed by atoms with E-state index in [9.17, 15) is 18.0 Å². The quantitative estimate of drug-likeness (QED) is 0.869. The maximum Gasteiger partial charge on any atom is 0.416 e. The summed E-state index contributed by atoms with van der Waals surface area (Å²) in [7, 11) is 0. The van der Waals surface area contributed by atoms with Crippen LogP contribution in [0.1, 0.15) is 23.1 Å². The molecule has 0 aliphatic rings. The van der Waals surface area contributed by atoms with Crippen molar-refractivity contribution in [3.05, 3.63) is 34.9 Å². The van der Waals surface area contributed by atoms with Crippen molar-refractivity contribution < 1.29 is 23.1 Å². The van der Waals surface area contributed by atoms with Crippen LogP contribution in [-0.2, 0) is 17.4 Å². The van der Waals surface area contributed by atoms with Gasteiger partial charge in [-0.2, -0.15) is 13.2 Å². The predicted molar refractivity (Wildman–Crippen MR) is 52.1 cm³/mol. The van der Waals surface area contributed by atoms with Crippen molar-refractivity contribution in [3.63, 3.8) is 0 Å². The molecule has 16 heavy (non-hydrogen) atoms. The van der Waals surface area contributed by atoms with Gasteiger partial charge in [0, 0.05) is 6.42 Å². The first-order chi connectivity index (χ1) is 7.32. The van der Waals surface area contributed by atoms with Crippen LogP contribution in [0, 0.1) is 6.92 Å². The molecule has 0 saturated carbocycles. The summed E-state index contributed by atoms with van der Waals surface area (Å²) in [5, 5.41) is 8.48. The number of benzene rings is 1. The Morgan fingerprint density at radius 3 is 2.50 bits per heavy atom. The summed E-state index contributed by atoms with van der Waals surface area (Å²) in [6.45, 7) is 1.55. The van der Waals surface area contributed by atoms with Gasteiger partial charge in [-0.3, -0.25) is 4.79 Å². The van der Waals surface area contributed by atoms with Gasteiger partial charge in [0.15, 0.2) is 0 Å². The number of rotatable bonds is 3. The summed E-state index contributed by atoms with van der Waals surface area (Å²) < 4.78 is 37.8. The first-order valence-corrected chi connectivity index (χ1v) is 4.70. The molecule has 0 heterocycles. The fourth-order valence-electron chi connectivity index (χ4n) is 1.53. The number of carbonyl (C=O) groups is 1. The average molecular weight is 232 g/mol. The number of carboxylic acid groups (broad SMARTS) is 1. The number of alkyl halides is 3. The summed E-state index contributed by atoms with van der Waals surface area (Å²) in [6.07, 6.45) is -4.83. The number of hydrogen-bond acceptors (Lipinski definition) is 1. The van der Waals surface area contributed by atoms with Gasteiger partial charge in [-0.15, -0.1) is 0 Å². The van der Waals surface area contributed by atoms with E-state index < -0.39 is 17.7 Å². The Balaban J connectivity index is 3.09. The van der Waals surface area contributed by atoms with Gasteiger partial charge in [0.05, 0.1) is 5.56 Å². The maximum absolute atomic E-state index is 12.6. The molecule has 0 fully saturated rings. The van der Waals surface area contributed by atoms with E-state index in [1.54, 1.807) is 13.0 Å². The van der Waals surface area contributed by atoms with Crippen LogP contribution in [0.25, 0.3) is 0 Å². The highest BCUT2D eigenvalue weighted by Gasteiger charge is 2.33. The van der Waals surface area contributed by atoms with E-state index in [2.05, 4.69) is 0 Å². The Kier molecular flexibility index (Phi) is 3.57. The molecule has 88 valence electrons. The van der Waals surface area contributed by atoms with Crippen LogP contribution in [0.3, 0.4) is 0 Å². The second kappa shape index (κ2) is 4.55. The lowest BCUT2D eigenvalue weighted by Gasteiger charge is -2.14. The molecular formula is C11H11F3O2. The largest absolute Gasteiger partial charge is 0.481 e. The van der Waals surface area contributed by atoms with E-state index in [-0.39, 0.29) is 18.4 Å². The van der Waals surface area contributed by atoms with Gasteiger partial charge in [-0.05, 0) is 30.5 Å². The molecule has 0 saturated heterocycles. The van der Waals surface area contributed by atoms with Gasteiger partial charge in [0.1, 0.15) is 0 Å². The Morgan fingerprint density at radius 1 is 1.38 bits per heavy atom. The Hall–Kier alpha value is -1.52.